The van der Waals surface area contributed by atoms with Crippen LogP contribution < -0.4 is 10.1 Å². The van der Waals surface area contributed by atoms with Gasteiger partial charge in [0.25, 0.3) is 0 Å². The summed E-state index contributed by atoms with van der Waals surface area (Å²) in [6.07, 6.45) is -1.57. The zero-order chi connectivity index (χ0) is 28.3. The molecule has 4 rings (SSSR count). The molecule has 0 bridgehead atoms. The molecule has 0 unspecified atom stereocenters. The summed E-state index contributed by atoms with van der Waals surface area (Å²) in [5.74, 6) is -3.14. The lowest BCUT2D eigenvalue weighted by molar-refractivity contribution is -0.188. The number of hydrazine groups is 1. The van der Waals surface area contributed by atoms with Crippen molar-refractivity contribution < 1.29 is 37.8 Å². The number of hydrogen-bond acceptors (Lipinski definition) is 6. The Bertz CT molecular complexity index is 1260. The fourth-order valence-electron chi connectivity index (χ4n) is 4.84. The largest absolute Gasteiger partial charge is 0.497 e. The lowest BCUT2D eigenvalue weighted by Gasteiger charge is -2.54. The molecule has 4 amide bonds. The summed E-state index contributed by atoms with van der Waals surface area (Å²) in [5.41, 5.74) is 0.837. The Kier molecular flexibility index (Phi) is 8.29. The van der Waals surface area contributed by atoms with Crippen LogP contribution in [0.4, 0.5) is 13.6 Å². The predicted molar refractivity (Wildman–Crippen MR) is 133 cm³/mol. The van der Waals surface area contributed by atoms with Gasteiger partial charge in [0.1, 0.15) is 29.6 Å². The highest BCUT2D eigenvalue weighted by Crippen LogP contribution is 2.29. The van der Waals surface area contributed by atoms with Crippen LogP contribution in [0.2, 0.25) is 0 Å². The number of nitrogens with one attached hydrogen (secondary N) is 1. The van der Waals surface area contributed by atoms with Gasteiger partial charge in [-0.3, -0.25) is 14.4 Å². The number of hydrogen-bond donors (Lipinski definition) is 2. The summed E-state index contributed by atoms with van der Waals surface area (Å²) in [7, 11) is 3.09. The normalized spacial score (nSPS) is 19.6. The first-order chi connectivity index (χ1) is 18.6. The van der Waals surface area contributed by atoms with Gasteiger partial charge in [-0.05, 0) is 30.2 Å². The molecular formula is C26H29F2N5O6. The molecule has 2 fully saturated rings. The van der Waals surface area contributed by atoms with E-state index < -0.39 is 54.1 Å². The monoisotopic (exact) mass is 545 g/mol. The van der Waals surface area contributed by atoms with Crippen LogP contribution in [0.1, 0.15) is 24.0 Å². The van der Waals surface area contributed by atoms with E-state index in [1.807, 2.05) is 0 Å². The van der Waals surface area contributed by atoms with Crippen molar-refractivity contribution in [2.75, 3.05) is 27.2 Å². The first kappa shape index (κ1) is 27.8. The fourth-order valence-corrected chi connectivity index (χ4v) is 4.84. The molecule has 13 heteroatoms. The first-order valence-corrected chi connectivity index (χ1v) is 12.3. The van der Waals surface area contributed by atoms with Crippen molar-refractivity contribution in [1.29, 1.82) is 0 Å². The number of rotatable bonds is 8. The van der Waals surface area contributed by atoms with Crippen LogP contribution in [0.25, 0.3) is 0 Å². The van der Waals surface area contributed by atoms with Crippen molar-refractivity contribution in [2.24, 2.45) is 0 Å². The molecule has 2 N–H and O–H groups in total. The molecule has 208 valence electrons. The molecule has 0 aliphatic carbocycles. The average molecular weight is 546 g/mol. The maximum absolute atomic E-state index is 14.4. The van der Waals surface area contributed by atoms with Crippen LogP contribution in [0.5, 0.6) is 5.75 Å². The van der Waals surface area contributed by atoms with Crippen LogP contribution in [0.3, 0.4) is 0 Å². The minimum Gasteiger partial charge on any atom is -0.497 e. The third kappa shape index (κ3) is 6.08. The van der Waals surface area contributed by atoms with Crippen molar-refractivity contribution in [3.05, 3.63) is 65.2 Å². The van der Waals surface area contributed by atoms with E-state index in [0.29, 0.717) is 11.8 Å². The molecule has 11 nitrogen and oxygen atoms in total. The Balaban J connectivity index is 1.60. The number of piperazine rings is 1. The van der Waals surface area contributed by atoms with E-state index in [0.717, 1.165) is 11.6 Å². The van der Waals surface area contributed by atoms with E-state index in [4.69, 9.17) is 4.74 Å². The number of urea groups is 1. The molecule has 0 radical (unpaired) electrons. The van der Waals surface area contributed by atoms with Crippen molar-refractivity contribution in [1.82, 2.24) is 25.1 Å². The minimum atomic E-state index is -1.18. The smallest absolute Gasteiger partial charge is 0.334 e. The Labute approximate surface area is 223 Å². The van der Waals surface area contributed by atoms with Gasteiger partial charge in [-0.2, -0.15) is 0 Å². The molecule has 2 aromatic carbocycles. The topological polar surface area (TPSA) is 123 Å². The number of ether oxygens (including phenoxy) is 1. The Morgan fingerprint density at radius 2 is 1.85 bits per heavy atom. The van der Waals surface area contributed by atoms with Gasteiger partial charge in [0.05, 0.1) is 20.2 Å². The molecule has 2 atom stereocenters. The van der Waals surface area contributed by atoms with E-state index in [-0.39, 0.29) is 38.2 Å². The second-order valence-corrected chi connectivity index (χ2v) is 9.35. The van der Waals surface area contributed by atoms with E-state index in [1.165, 1.54) is 25.9 Å². The van der Waals surface area contributed by atoms with Gasteiger partial charge in [0.15, 0.2) is 0 Å². The van der Waals surface area contributed by atoms with Crippen LogP contribution in [-0.2, 0) is 27.5 Å². The van der Waals surface area contributed by atoms with E-state index in [1.54, 1.807) is 38.4 Å². The van der Waals surface area contributed by atoms with Crippen molar-refractivity contribution >= 4 is 23.8 Å². The molecule has 0 aromatic heterocycles. The van der Waals surface area contributed by atoms with Crippen LogP contribution in [0.15, 0.2) is 42.5 Å². The number of amides is 4. The standard InChI is InChI=1S/C26H29F2N5O6/c1-30-15-23(34)32-21(9-10-24(35)36)25(37)31(13-17-5-6-18(27)11-20(17)28)14-22(32)33(30)26(38)29-12-16-3-7-19(39-2)8-4-16/h3-8,11,21-22H,9-10,12-15H2,1-2H3,(H,29,38)(H,35,36)/t21-,22-/m0/s1. The molecule has 0 saturated carbocycles. The second kappa shape index (κ2) is 11.6. The number of carboxylic acid groups (broad SMARTS) is 1. The number of methoxy groups -OCH3 is 1. The third-order valence-corrected chi connectivity index (χ3v) is 6.76. The zero-order valence-electron chi connectivity index (χ0n) is 21.5. The summed E-state index contributed by atoms with van der Waals surface area (Å²) in [6.45, 7) is -0.459. The number of likely N-dealkylation sites (N-methyl/N-ethyl adjacent to an activating group) is 1. The van der Waals surface area contributed by atoms with E-state index in [2.05, 4.69) is 5.32 Å². The van der Waals surface area contributed by atoms with Gasteiger partial charge in [0.2, 0.25) is 11.8 Å². The number of carbonyl (C=O) groups is 4. The van der Waals surface area contributed by atoms with Gasteiger partial charge in [0, 0.05) is 38.2 Å². The Morgan fingerprint density at radius 3 is 2.49 bits per heavy atom. The molecule has 2 aromatic rings. The quantitative estimate of drug-likeness (QED) is 0.519. The average Bonchev–Trinajstić information content (AvgIpc) is 2.89. The lowest BCUT2D eigenvalue weighted by atomic mass is 10.0. The molecule has 2 aliphatic heterocycles. The predicted octanol–water partition coefficient (Wildman–Crippen LogP) is 1.78. The van der Waals surface area contributed by atoms with Crippen LogP contribution in [-0.4, -0.2) is 88.2 Å². The van der Waals surface area contributed by atoms with Gasteiger partial charge in [-0.25, -0.2) is 23.6 Å². The summed E-state index contributed by atoms with van der Waals surface area (Å²) in [5, 5.41) is 14.8. The van der Waals surface area contributed by atoms with Gasteiger partial charge >= 0.3 is 12.0 Å². The van der Waals surface area contributed by atoms with Crippen LogP contribution in [0, 0.1) is 11.6 Å². The van der Waals surface area contributed by atoms with E-state index in [9.17, 15) is 33.1 Å². The molecular weight excluding hydrogens is 516 g/mol. The van der Waals surface area contributed by atoms with Crippen molar-refractivity contribution in [3.8, 4) is 5.75 Å². The summed E-state index contributed by atoms with van der Waals surface area (Å²) < 4.78 is 33.0. The third-order valence-electron chi connectivity index (χ3n) is 6.76. The number of carboxylic acids is 1. The van der Waals surface area contributed by atoms with Crippen molar-refractivity contribution in [3.63, 3.8) is 0 Å². The Morgan fingerprint density at radius 1 is 1.13 bits per heavy atom. The maximum atomic E-state index is 14.4. The SMILES string of the molecule is COc1ccc(CNC(=O)N2[C@H]3CN(Cc4ccc(F)cc4F)C(=O)[C@H](CCC(=O)O)N3C(=O)CN2C)cc1. The summed E-state index contributed by atoms with van der Waals surface area (Å²) in [4.78, 5) is 53.8. The number of fused-ring (bicyclic) bond motifs is 1. The first-order valence-electron chi connectivity index (χ1n) is 12.3. The molecule has 2 aliphatic rings. The highest BCUT2D eigenvalue weighted by molar-refractivity contribution is 5.91. The minimum absolute atomic E-state index is 0.0428. The summed E-state index contributed by atoms with van der Waals surface area (Å²) >= 11 is 0. The number of aliphatic carboxylic acids is 1. The van der Waals surface area contributed by atoms with Gasteiger partial charge in [-0.15, -0.1) is 0 Å². The maximum Gasteiger partial charge on any atom is 0.334 e. The van der Waals surface area contributed by atoms with Gasteiger partial charge in [-0.1, -0.05) is 18.2 Å². The van der Waals surface area contributed by atoms with Crippen LogP contribution >= 0.6 is 0 Å². The molecule has 0 spiro atoms. The lowest BCUT2D eigenvalue weighted by Crippen LogP contribution is -2.75. The summed E-state index contributed by atoms with van der Waals surface area (Å²) in [6, 6.07) is 8.34. The zero-order valence-corrected chi connectivity index (χ0v) is 21.5. The second-order valence-electron chi connectivity index (χ2n) is 9.35. The molecule has 39 heavy (non-hydrogen) atoms. The molecule has 2 saturated heterocycles. The fraction of sp³-hybridized carbons (Fsp3) is 0.385. The Hall–Kier alpha value is -4.26. The number of halogens is 2. The number of carbonyl (C=O) groups excluding carboxylic acids is 3. The highest BCUT2D eigenvalue weighted by atomic mass is 19.1. The number of benzene rings is 2. The van der Waals surface area contributed by atoms with E-state index >= 15 is 0 Å². The molecule has 2 heterocycles. The van der Waals surface area contributed by atoms with Gasteiger partial charge < -0.3 is 25.0 Å². The number of nitrogens with zero attached hydrogens (tertiary/aromatic N) is 4. The highest BCUT2D eigenvalue weighted by Gasteiger charge is 2.50. The van der Waals surface area contributed by atoms with Crippen molar-refractivity contribution in [2.45, 2.75) is 38.1 Å².